The summed E-state index contributed by atoms with van der Waals surface area (Å²) in [6, 6.07) is 1.92. The summed E-state index contributed by atoms with van der Waals surface area (Å²) in [5.41, 5.74) is 1.14. The Hall–Kier alpha value is -0.720. The van der Waals surface area contributed by atoms with Crippen molar-refractivity contribution in [2.75, 3.05) is 0 Å². The van der Waals surface area contributed by atoms with Crippen molar-refractivity contribution in [3.63, 3.8) is 0 Å². The zero-order valence-corrected chi connectivity index (χ0v) is 4.22. The van der Waals surface area contributed by atoms with Crippen molar-refractivity contribution in [1.29, 1.82) is 0 Å². The Morgan fingerprint density at radius 2 is 2.57 bits per heavy atom. The van der Waals surface area contributed by atoms with E-state index in [0.717, 1.165) is 5.56 Å². The second-order valence-corrected chi connectivity index (χ2v) is 1.35. The molecule has 0 saturated heterocycles. The van der Waals surface area contributed by atoms with E-state index in [2.05, 4.69) is 0 Å². The van der Waals surface area contributed by atoms with Crippen molar-refractivity contribution < 1.29 is 4.42 Å². The minimum atomic E-state index is 1.14. The molecule has 0 amide bonds. The van der Waals surface area contributed by atoms with Gasteiger partial charge in [-0.1, -0.05) is 6.92 Å². The SMILES string of the molecule is C[CH]c1ccoc1. The van der Waals surface area contributed by atoms with Crippen molar-refractivity contribution in [3.05, 3.63) is 30.6 Å². The minimum Gasteiger partial charge on any atom is -0.472 e. The summed E-state index contributed by atoms with van der Waals surface area (Å²) in [7, 11) is 0. The monoisotopic (exact) mass is 95.0 g/mol. The summed E-state index contributed by atoms with van der Waals surface area (Å²) in [5, 5.41) is 0. The predicted molar refractivity (Wildman–Crippen MR) is 27.8 cm³/mol. The quantitative estimate of drug-likeness (QED) is 0.518. The highest BCUT2D eigenvalue weighted by molar-refractivity contribution is 5.13. The lowest BCUT2D eigenvalue weighted by Gasteiger charge is -1.76. The van der Waals surface area contributed by atoms with Gasteiger partial charge in [-0.05, 0) is 18.1 Å². The Kier molecular flexibility index (Phi) is 1.16. The average molecular weight is 95.1 g/mol. The Labute approximate surface area is 43.0 Å². The van der Waals surface area contributed by atoms with Crippen LogP contribution < -0.4 is 0 Å². The normalized spacial score (nSPS) is 9.29. The molecule has 0 fully saturated rings. The number of rotatable bonds is 1. The first-order valence-corrected chi connectivity index (χ1v) is 2.25. The van der Waals surface area contributed by atoms with Gasteiger partial charge in [0.05, 0.1) is 12.5 Å². The first-order valence-electron chi connectivity index (χ1n) is 2.25. The van der Waals surface area contributed by atoms with E-state index in [1.54, 1.807) is 12.5 Å². The summed E-state index contributed by atoms with van der Waals surface area (Å²) in [4.78, 5) is 0. The molecule has 0 aliphatic carbocycles. The van der Waals surface area contributed by atoms with E-state index in [1.807, 2.05) is 19.4 Å². The van der Waals surface area contributed by atoms with E-state index < -0.39 is 0 Å². The second kappa shape index (κ2) is 1.82. The lowest BCUT2D eigenvalue weighted by Crippen LogP contribution is -1.62. The van der Waals surface area contributed by atoms with E-state index in [1.165, 1.54) is 0 Å². The van der Waals surface area contributed by atoms with Gasteiger partial charge in [-0.3, -0.25) is 0 Å². The molecule has 7 heavy (non-hydrogen) atoms. The molecule has 0 aliphatic heterocycles. The summed E-state index contributed by atoms with van der Waals surface area (Å²) in [5.74, 6) is 0. The van der Waals surface area contributed by atoms with Gasteiger partial charge in [0.25, 0.3) is 0 Å². The van der Waals surface area contributed by atoms with Crippen LogP contribution in [0.3, 0.4) is 0 Å². The molecule has 0 unspecified atom stereocenters. The Morgan fingerprint density at radius 1 is 1.71 bits per heavy atom. The predicted octanol–water partition coefficient (Wildman–Crippen LogP) is 1.85. The van der Waals surface area contributed by atoms with Gasteiger partial charge in [0.15, 0.2) is 0 Å². The molecular formula is C6H7O. The fourth-order valence-corrected chi connectivity index (χ4v) is 0.439. The third kappa shape index (κ3) is 0.829. The molecule has 0 spiro atoms. The van der Waals surface area contributed by atoms with Crippen LogP contribution >= 0.6 is 0 Å². The maximum atomic E-state index is 4.77. The summed E-state index contributed by atoms with van der Waals surface area (Å²) >= 11 is 0. The van der Waals surface area contributed by atoms with Crippen LogP contribution in [0, 0.1) is 6.42 Å². The Bertz CT molecular complexity index is 119. The summed E-state index contributed by atoms with van der Waals surface area (Å²) < 4.78 is 4.77. The summed E-state index contributed by atoms with van der Waals surface area (Å²) in [6.45, 7) is 1.98. The van der Waals surface area contributed by atoms with Crippen molar-refractivity contribution in [3.8, 4) is 0 Å². The molecule has 1 radical (unpaired) electrons. The van der Waals surface area contributed by atoms with Crippen molar-refractivity contribution in [2.45, 2.75) is 6.92 Å². The van der Waals surface area contributed by atoms with E-state index in [0.29, 0.717) is 0 Å². The van der Waals surface area contributed by atoms with Gasteiger partial charge < -0.3 is 4.42 Å². The fraction of sp³-hybridized carbons (Fsp3) is 0.167. The third-order valence-corrected chi connectivity index (χ3v) is 0.877. The highest BCUT2D eigenvalue weighted by Gasteiger charge is 1.84. The van der Waals surface area contributed by atoms with Gasteiger partial charge >= 0.3 is 0 Å². The molecule has 1 aromatic heterocycles. The topological polar surface area (TPSA) is 13.1 Å². The van der Waals surface area contributed by atoms with Crippen LogP contribution in [-0.4, -0.2) is 0 Å². The Morgan fingerprint density at radius 3 is 2.86 bits per heavy atom. The maximum absolute atomic E-state index is 4.77. The molecule has 1 heteroatoms. The van der Waals surface area contributed by atoms with Gasteiger partial charge in [-0.15, -0.1) is 0 Å². The Balaban J connectivity index is 2.76. The van der Waals surface area contributed by atoms with Crippen LogP contribution in [0.5, 0.6) is 0 Å². The molecule has 1 nitrogen and oxygen atoms in total. The van der Waals surface area contributed by atoms with Crippen molar-refractivity contribution in [2.24, 2.45) is 0 Å². The van der Waals surface area contributed by atoms with Crippen LogP contribution in [0.2, 0.25) is 0 Å². The highest BCUT2D eigenvalue weighted by Crippen LogP contribution is 2.00. The third-order valence-electron chi connectivity index (χ3n) is 0.877. The lowest BCUT2D eigenvalue weighted by atomic mass is 10.3. The molecule has 0 aliphatic rings. The minimum absolute atomic E-state index is 1.14. The second-order valence-electron chi connectivity index (χ2n) is 1.35. The highest BCUT2D eigenvalue weighted by atomic mass is 16.3. The van der Waals surface area contributed by atoms with Gasteiger partial charge in [-0.2, -0.15) is 0 Å². The van der Waals surface area contributed by atoms with Crippen LogP contribution in [0.25, 0.3) is 0 Å². The van der Waals surface area contributed by atoms with E-state index in [9.17, 15) is 0 Å². The molecule has 1 heterocycles. The van der Waals surface area contributed by atoms with E-state index in [-0.39, 0.29) is 0 Å². The molecule has 0 N–H and O–H groups in total. The average Bonchev–Trinajstić information content (AvgIpc) is 2.14. The lowest BCUT2D eigenvalue weighted by molar-refractivity contribution is 0.566. The molecular weight excluding hydrogens is 88.1 g/mol. The zero-order valence-electron chi connectivity index (χ0n) is 4.22. The van der Waals surface area contributed by atoms with Crippen LogP contribution in [0.1, 0.15) is 12.5 Å². The molecule has 37 valence electrons. The van der Waals surface area contributed by atoms with Gasteiger partial charge in [0.2, 0.25) is 0 Å². The smallest absolute Gasteiger partial charge is 0.0937 e. The van der Waals surface area contributed by atoms with Gasteiger partial charge in [-0.25, -0.2) is 0 Å². The van der Waals surface area contributed by atoms with E-state index >= 15 is 0 Å². The van der Waals surface area contributed by atoms with Crippen LogP contribution in [0.15, 0.2) is 23.0 Å². The molecule has 1 aromatic rings. The number of furan rings is 1. The molecule has 0 bridgehead atoms. The van der Waals surface area contributed by atoms with Crippen molar-refractivity contribution >= 4 is 0 Å². The number of hydrogen-bond acceptors (Lipinski definition) is 1. The molecule has 0 aromatic carbocycles. The standard InChI is InChI=1S/C6H7O/c1-2-6-3-4-7-5-6/h2-5H,1H3. The van der Waals surface area contributed by atoms with Gasteiger partial charge in [0.1, 0.15) is 0 Å². The van der Waals surface area contributed by atoms with Crippen molar-refractivity contribution in [1.82, 2.24) is 0 Å². The molecule has 1 rings (SSSR count). The van der Waals surface area contributed by atoms with Gasteiger partial charge in [0, 0.05) is 0 Å². The maximum Gasteiger partial charge on any atom is 0.0937 e. The molecule has 0 atom stereocenters. The zero-order chi connectivity index (χ0) is 5.11. The van der Waals surface area contributed by atoms with Crippen LogP contribution in [-0.2, 0) is 0 Å². The largest absolute Gasteiger partial charge is 0.472 e. The summed E-state index contributed by atoms with van der Waals surface area (Å²) in [6.07, 6.45) is 5.36. The first-order chi connectivity index (χ1) is 3.43. The van der Waals surface area contributed by atoms with Crippen LogP contribution in [0.4, 0.5) is 0 Å². The number of hydrogen-bond donors (Lipinski definition) is 0. The molecule has 0 saturated carbocycles. The fourth-order valence-electron chi connectivity index (χ4n) is 0.439. The first kappa shape index (κ1) is 4.44. The van der Waals surface area contributed by atoms with E-state index in [4.69, 9.17) is 4.42 Å².